The summed E-state index contributed by atoms with van der Waals surface area (Å²) < 4.78 is 0. The number of aliphatic imine (C=N–C) groups is 1. The summed E-state index contributed by atoms with van der Waals surface area (Å²) in [6, 6.07) is 7.89. The van der Waals surface area contributed by atoms with Crippen molar-refractivity contribution in [3.05, 3.63) is 50.9 Å². The van der Waals surface area contributed by atoms with Crippen LogP contribution in [0.3, 0.4) is 0 Å². The number of amides is 2. The highest BCUT2D eigenvalue weighted by Crippen LogP contribution is 2.43. The zero-order valence-corrected chi connectivity index (χ0v) is 16.7. The van der Waals surface area contributed by atoms with E-state index in [0.29, 0.717) is 18.1 Å². The van der Waals surface area contributed by atoms with Crippen molar-refractivity contribution >= 4 is 39.7 Å². The molecule has 0 fully saturated rings. The Balaban J connectivity index is 1.92. The molecule has 0 saturated carbocycles. The van der Waals surface area contributed by atoms with Crippen LogP contribution in [-0.2, 0) is 12.8 Å². The fourth-order valence-corrected chi connectivity index (χ4v) is 5.36. The summed E-state index contributed by atoms with van der Waals surface area (Å²) in [6.45, 7) is 1.17. The zero-order chi connectivity index (χ0) is 18.3. The van der Waals surface area contributed by atoms with E-state index in [9.17, 15) is 4.79 Å². The monoisotopic (exact) mass is 387 g/mol. The van der Waals surface area contributed by atoms with Gasteiger partial charge in [-0.2, -0.15) is 0 Å². The first kappa shape index (κ1) is 17.6. The number of rotatable bonds is 1. The standard InChI is InChI=1S/C20H22ClN3OS/c1-23(2)20(25)24-12-11-22-18(13-7-3-5-9-15(13)21)17-14-8-4-6-10-16(14)26-19(17)24/h3,5,7,9H,4,6,8,10-12H2,1-2H3. The van der Waals surface area contributed by atoms with Crippen LogP contribution in [0.15, 0.2) is 29.3 Å². The van der Waals surface area contributed by atoms with Crippen LogP contribution in [0.1, 0.15) is 34.4 Å². The van der Waals surface area contributed by atoms with E-state index in [2.05, 4.69) is 0 Å². The third-order valence-corrected chi connectivity index (χ3v) is 6.62. The van der Waals surface area contributed by atoms with E-state index in [-0.39, 0.29) is 6.03 Å². The Morgan fingerprint density at radius 3 is 2.77 bits per heavy atom. The highest BCUT2D eigenvalue weighted by Gasteiger charge is 2.32. The molecule has 0 N–H and O–H groups in total. The van der Waals surface area contributed by atoms with Gasteiger partial charge in [0.25, 0.3) is 0 Å². The number of hydrogen-bond acceptors (Lipinski definition) is 3. The number of halogens is 1. The lowest BCUT2D eigenvalue weighted by Gasteiger charge is -2.24. The van der Waals surface area contributed by atoms with Crippen LogP contribution in [0.2, 0.25) is 5.02 Å². The second kappa shape index (κ2) is 7.05. The van der Waals surface area contributed by atoms with Gasteiger partial charge in [0.1, 0.15) is 5.00 Å². The van der Waals surface area contributed by atoms with E-state index < -0.39 is 0 Å². The number of anilines is 1. The smallest absolute Gasteiger partial charge is 0.324 e. The lowest BCUT2D eigenvalue weighted by Crippen LogP contribution is -2.40. The molecule has 4 rings (SSSR count). The molecule has 0 spiro atoms. The van der Waals surface area contributed by atoms with E-state index in [1.165, 1.54) is 23.3 Å². The van der Waals surface area contributed by atoms with Crippen LogP contribution in [0.25, 0.3) is 0 Å². The van der Waals surface area contributed by atoms with Crippen LogP contribution in [0.4, 0.5) is 9.80 Å². The number of carbonyl (C=O) groups excluding carboxylic acids is 1. The Hall–Kier alpha value is -1.85. The fraction of sp³-hybridized carbons (Fsp3) is 0.400. The van der Waals surface area contributed by atoms with E-state index in [4.69, 9.17) is 16.6 Å². The van der Waals surface area contributed by atoms with Crippen LogP contribution in [0, 0.1) is 0 Å². The third-order valence-electron chi connectivity index (χ3n) is 4.97. The number of aryl methyl sites for hydroxylation is 1. The molecule has 2 heterocycles. The van der Waals surface area contributed by atoms with Crippen LogP contribution in [-0.4, -0.2) is 43.8 Å². The molecule has 0 saturated heterocycles. The molecule has 1 aliphatic heterocycles. The molecule has 1 aromatic carbocycles. The van der Waals surface area contributed by atoms with Crippen molar-refractivity contribution in [2.24, 2.45) is 4.99 Å². The van der Waals surface area contributed by atoms with Crippen molar-refractivity contribution in [3.63, 3.8) is 0 Å². The highest BCUT2D eigenvalue weighted by atomic mass is 35.5. The van der Waals surface area contributed by atoms with Crippen molar-refractivity contribution < 1.29 is 4.79 Å². The quantitative estimate of drug-likeness (QED) is 0.703. The van der Waals surface area contributed by atoms with Crippen LogP contribution >= 0.6 is 22.9 Å². The summed E-state index contributed by atoms with van der Waals surface area (Å²) in [5, 5.41) is 1.74. The maximum atomic E-state index is 12.8. The minimum Gasteiger partial charge on any atom is -0.330 e. The van der Waals surface area contributed by atoms with Crippen molar-refractivity contribution in [1.82, 2.24) is 4.90 Å². The van der Waals surface area contributed by atoms with E-state index in [1.807, 2.05) is 29.2 Å². The van der Waals surface area contributed by atoms with Gasteiger partial charge in [0.05, 0.1) is 12.3 Å². The maximum absolute atomic E-state index is 12.8. The number of thiophene rings is 1. The average Bonchev–Trinajstić information content (AvgIpc) is 2.91. The molecule has 0 atom stereocenters. The average molecular weight is 388 g/mol. The van der Waals surface area contributed by atoms with Gasteiger partial charge in [-0.25, -0.2) is 4.79 Å². The molecule has 0 unspecified atom stereocenters. The molecule has 1 aromatic heterocycles. The van der Waals surface area contributed by atoms with Crippen LogP contribution in [0.5, 0.6) is 0 Å². The molecule has 4 nitrogen and oxygen atoms in total. The van der Waals surface area contributed by atoms with E-state index >= 15 is 0 Å². The lowest BCUT2D eigenvalue weighted by atomic mass is 9.91. The minimum absolute atomic E-state index is 0.0143. The first-order valence-electron chi connectivity index (χ1n) is 9.01. The maximum Gasteiger partial charge on any atom is 0.324 e. The summed E-state index contributed by atoms with van der Waals surface area (Å²) in [4.78, 5) is 22.7. The highest BCUT2D eigenvalue weighted by molar-refractivity contribution is 7.17. The van der Waals surface area contributed by atoms with Gasteiger partial charge in [-0.1, -0.05) is 29.8 Å². The van der Waals surface area contributed by atoms with Gasteiger partial charge in [0.15, 0.2) is 0 Å². The van der Waals surface area contributed by atoms with Crippen molar-refractivity contribution in [2.75, 3.05) is 32.1 Å². The third kappa shape index (κ3) is 2.93. The van der Waals surface area contributed by atoms with Gasteiger partial charge < -0.3 is 4.90 Å². The Bertz CT molecular complexity index is 887. The van der Waals surface area contributed by atoms with Crippen LogP contribution < -0.4 is 4.90 Å². The van der Waals surface area contributed by atoms with Crippen molar-refractivity contribution in [2.45, 2.75) is 25.7 Å². The van der Waals surface area contributed by atoms with Crippen molar-refractivity contribution in [3.8, 4) is 0 Å². The molecule has 0 bridgehead atoms. The molecule has 26 heavy (non-hydrogen) atoms. The summed E-state index contributed by atoms with van der Waals surface area (Å²) in [7, 11) is 3.60. The van der Waals surface area contributed by atoms with Gasteiger partial charge in [0, 0.05) is 41.7 Å². The number of urea groups is 1. The SMILES string of the molecule is CN(C)C(=O)N1CCN=C(c2ccccc2Cl)c2c1sc1c2CCCC1. The number of nitrogens with zero attached hydrogens (tertiary/aromatic N) is 3. The predicted molar refractivity (Wildman–Crippen MR) is 109 cm³/mol. The second-order valence-electron chi connectivity index (χ2n) is 6.93. The number of hydrogen-bond donors (Lipinski definition) is 0. The zero-order valence-electron chi connectivity index (χ0n) is 15.1. The first-order chi connectivity index (χ1) is 12.6. The molecule has 6 heteroatoms. The molecule has 2 aliphatic rings. The fourth-order valence-electron chi connectivity index (χ4n) is 3.73. The normalized spacial score (nSPS) is 16.4. The molecule has 0 radical (unpaired) electrons. The topological polar surface area (TPSA) is 35.9 Å². The molecule has 136 valence electrons. The molecular formula is C20H22ClN3OS. The molecule has 1 aliphatic carbocycles. The summed E-state index contributed by atoms with van der Waals surface area (Å²) in [6.07, 6.45) is 4.54. The summed E-state index contributed by atoms with van der Waals surface area (Å²) >= 11 is 8.27. The second-order valence-corrected chi connectivity index (χ2v) is 8.42. The molecule has 2 aromatic rings. The summed E-state index contributed by atoms with van der Waals surface area (Å²) in [5.41, 5.74) is 4.40. The molecular weight excluding hydrogens is 366 g/mol. The van der Waals surface area contributed by atoms with Gasteiger partial charge in [-0.15, -0.1) is 11.3 Å². The Morgan fingerprint density at radius 1 is 1.23 bits per heavy atom. The number of benzene rings is 1. The van der Waals surface area contributed by atoms with Gasteiger partial charge in [-0.05, 0) is 37.3 Å². The van der Waals surface area contributed by atoms with Gasteiger partial charge in [0.2, 0.25) is 0 Å². The minimum atomic E-state index is 0.0143. The summed E-state index contributed by atoms with van der Waals surface area (Å²) in [5.74, 6) is 0. The van der Waals surface area contributed by atoms with Gasteiger partial charge >= 0.3 is 6.03 Å². The molecule has 2 amide bonds. The largest absolute Gasteiger partial charge is 0.330 e. The predicted octanol–water partition coefficient (Wildman–Crippen LogP) is 4.62. The van der Waals surface area contributed by atoms with E-state index in [1.54, 1.807) is 30.3 Å². The Morgan fingerprint density at radius 2 is 2.00 bits per heavy atom. The Kier molecular flexibility index (Phi) is 4.76. The van der Waals surface area contributed by atoms with Crippen molar-refractivity contribution in [1.29, 1.82) is 0 Å². The number of carbonyl (C=O) groups is 1. The number of fused-ring (bicyclic) bond motifs is 3. The van der Waals surface area contributed by atoms with Gasteiger partial charge in [-0.3, -0.25) is 9.89 Å². The first-order valence-corrected chi connectivity index (χ1v) is 10.2. The van der Waals surface area contributed by atoms with E-state index in [0.717, 1.165) is 34.7 Å². The Labute approximate surface area is 163 Å². The lowest BCUT2D eigenvalue weighted by molar-refractivity contribution is 0.224.